The van der Waals surface area contributed by atoms with Crippen molar-refractivity contribution in [2.75, 3.05) is 20.4 Å². The average Bonchev–Trinajstić information content (AvgIpc) is 2.73. The van der Waals surface area contributed by atoms with Gasteiger partial charge in [0.15, 0.2) is 11.4 Å². The number of aliphatic hydroxyl groups excluding tert-OH is 2. The zero-order chi connectivity index (χ0) is 26.1. The summed E-state index contributed by atoms with van der Waals surface area (Å²) in [4.78, 5) is 40.4. The Morgan fingerprint density at radius 1 is 1.29 bits per heavy atom. The Morgan fingerprint density at radius 2 is 1.91 bits per heavy atom. The smallest absolute Gasteiger partial charge is 0.255 e. The van der Waals surface area contributed by atoms with E-state index in [1.54, 1.807) is 27.1 Å². The first-order valence-corrected chi connectivity index (χ1v) is 12.7. The van der Waals surface area contributed by atoms with Crippen LogP contribution in [0.2, 0.25) is 0 Å². The van der Waals surface area contributed by atoms with E-state index >= 15 is 0 Å². The highest BCUT2D eigenvalue weighted by Crippen LogP contribution is 2.52. The number of rotatable bonds is 4. The van der Waals surface area contributed by atoms with Crippen molar-refractivity contribution in [1.82, 2.24) is 4.90 Å². The molecule has 3 aliphatic carbocycles. The normalized spacial score (nSPS) is 29.2. The Labute approximate surface area is 204 Å². The number of hydrogen-bond donors (Lipinski definition) is 5. The minimum atomic E-state index is -2.67. The lowest BCUT2D eigenvalue weighted by molar-refractivity contribution is -0.148. The molecule has 11 heteroatoms. The van der Waals surface area contributed by atoms with E-state index in [4.69, 9.17) is 5.73 Å². The van der Waals surface area contributed by atoms with E-state index in [1.807, 2.05) is 0 Å². The van der Waals surface area contributed by atoms with Crippen molar-refractivity contribution in [2.45, 2.75) is 37.2 Å². The molecule has 3 aliphatic rings. The third-order valence-electron chi connectivity index (χ3n) is 7.38. The molecule has 10 nitrogen and oxygen atoms in total. The predicted molar refractivity (Wildman–Crippen MR) is 126 cm³/mol. The Morgan fingerprint density at radius 3 is 2.46 bits per heavy atom. The van der Waals surface area contributed by atoms with Gasteiger partial charge in [0.2, 0.25) is 5.78 Å². The summed E-state index contributed by atoms with van der Waals surface area (Å²) >= 11 is -1.29. The standard InChI is InChI=1S/C24H28N2O8S/c1-9-5-11(8-35(4)34)18(27)15-12(9)6-10-7-13-17(26(2)3)20(29)16(23(25)32)22(31)24(13,33)21(30)14(10)19(15)28/h5,10,13,17,27,29-30,33H,6-8H2,1-4H3,(H2,25,32). The van der Waals surface area contributed by atoms with Gasteiger partial charge in [-0.1, -0.05) is 11.2 Å². The molecule has 0 aliphatic heterocycles. The van der Waals surface area contributed by atoms with Crippen molar-refractivity contribution in [3.63, 3.8) is 0 Å². The number of nitrogens with two attached hydrogens (primary N) is 1. The SMILES string of the molecule is Cc1cc(C[S+](C)[O-])c(O)c2c1CC1CC3C(N(C)C)C(O)=C(C(N)=O)C(=O)C3(O)C(O)=C1C2=O. The van der Waals surface area contributed by atoms with Crippen LogP contribution in [0.5, 0.6) is 5.75 Å². The molecule has 1 aromatic carbocycles. The van der Waals surface area contributed by atoms with Crippen LogP contribution in [-0.4, -0.2) is 79.3 Å². The quantitative estimate of drug-likeness (QED) is 0.284. The highest BCUT2D eigenvalue weighted by molar-refractivity contribution is 7.89. The van der Waals surface area contributed by atoms with Crippen LogP contribution in [0.15, 0.2) is 28.7 Å². The number of aryl methyl sites for hydroxylation is 1. The third-order valence-corrected chi connectivity index (χ3v) is 8.10. The van der Waals surface area contributed by atoms with Gasteiger partial charge < -0.3 is 30.7 Å². The molecule has 6 N–H and O–H groups in total. The van der Waals surface area contributed by atoms with E-state index in [0.29, 0.717) is 16.7 Å². The summed E-state index contributed by atoms with van der Waals surface area (Å²) in [6.07, 6.45) is 1.72. The first kappa shape index (κ1) is 25.2. The molecule has 0 fully saturated rings. The van der Waals surface area contributed by atoms with Gasteiger partial charge >= 0.3 is 0 Å². The number of phenolic OH excluding ortho intramolecular Hbond substituents is 1. The van der Waals surface area contributed by atoms with E-state index < -0.39 is 69.2 Å². The molecule has 35 heavy (non-hydrogen) atoms. The monoisotopic (exact) mass is 504 g/mol. The molecule has 0 heterocycles. The number of carbonyl (C=O) groups excluding carboxylic acids is 3. The summed E-state index contributed by atoms with van der Waals surface area (Å²) in [7, 11) is 3.16. The van der Waals surface area contributed by atoms with Crippen LogP contribution in [0.1, 0.15) is 33.5 Å². The minimum Gasteiger partial charge on any atom is -0.616 e. The molecule has 0 radical (unpaired) electrons. The summed E-state index contributed by atoms with van der Waals surface area (Å²) in [6, 6.07) is 0.647. The van der Waals surface area contributed by atoms with Crippen molar-refractivity contribution >= 4 is 28.6 Å². The summed E-state index contributed by atoms with van der Waals surface area (Å²) in [5.74, 6) is -6.82. The second kappa shape index (κ2) is 8.37. The lowest BCUT2D eigenvalue weighted by Crippen LogP contribution is -2.63. The van der Waals surface area contributed by atoms with Crippen LogP contribution in [0, 0.1) is 18.8 Å². The molecule has 0 saturated heterocycles. The van der Waals surface area contributed by atoms with Crippen LogP contribution in [0.3, 0.4) is 0 Å². The number of phenols is 1. The number of aliphatic hydroxyl groups is 3. The Hall–Kier alpha value is -2.86. The zero-order valence-electron chi connectivity index (χ0n) is 19.8. The number of fused-ring (bicyclic) bond motifs is 3. The molecule has 0 bridgehead atoms. The van der Waals surface area contributed by atoms with Crippen molar-refractivity contribution in [3.05, 3.63) is 51.0 Å². The zero-order valence-corrected chi connectivity index (χ0v) is 20.6. The number of allylic oxidation sites excluding steroid dienone is 1. The summed E-state index contributed by atoms with van der Waals surface area (Å²) < 4.78 is 11.8. The number of aromatic hydroxyl groups is 1. The number of carbonyl (C=O) groups is 3. The van der Waals surface area contributed by atoms with Crippen molar-refractivity contribution in [2.24, 2.45) is 17.6 Å². The van der Waals surface area contributed by atoms with E-state index in [9.17, 15) is 39.4 Å². The molecule has 5 atom stereocenters. The van der Waals surface area contributed by atoms with Gasteiger partial charge in [-0.3, -0.25) is 19.3 Å². The molecule has 1 aromatic rings. The van der Waals surface area contributed by atoms with E-state index in [2.05, 4.69) is 0 Å². The maximum Gasteiger partial charge on any atom is 0.255 e. The number of hydrogen-bond acceptors (Lipinski definition) is 9. The lowest BCUT2D eigenvalue weighted by atomic mass is 9.58. The van der Waals surface area contributed by atoms with Crippen molar-refractivity contribution in [1.29, 1.82) is 0 Å². The summed E-state index contributed by atoms with van der Waals surface area (Å²) in [6.45, 7) is 1.77. The number of benzene rings is 1. The molecule has 0 spiro atoms. The highest BCUT2D eigenvalue weighted by atomic mass is 32.2. The number of Topliss-reactive ketones (excluding diaryl/α,β-unsaturated/α-hetero) is 2. The van der Waals surface area contributed by atoms with Crippen LogP contribution < -0.4 is 5.73 Å². The maximum atomic E-state index is 13.7. The number of amides is 1. The number of likely N-dealkylation sites (N-methyl/N-ethyl adjacent to an activating group) is 1. The Kier molecular flexibility index (Phi) is 6.03. The Bertz CT molecular complexity index is 1230. The van der Waals surface area contributed by atoms with Gasteiger partial charge in [0, 0.05) is 17.1 Å². The average molecular weight is 505 g/mol. The van der Waals surface area contributed by atoms with E-state index in [0.717, 1.165) is 0 Å². The molecule has 4 rings (SSSR count). The molecule has 1 amide bonds. The van der Waals surface area contributed by atoms with E-state index in [-0.39, 0.29) is 35.5 Å². The number of ketones is 2. The largest absolute Gasteiger partial charge is 0.616 e. The first-order chi connectivity index (χ1) is 16.2. The topological polar surface area (TPSA) is 184 Å². The van der Waals surface area contributed by atoms with Gasteiger partial charge in [-0.05, 0) is 57.0 Å². The van der Waals surface area contributed by atoms with Gasteiger partial charge in [0.25, 0.3) is 5.91 Å². The van der Waals surface area contributed by atoms with Crippen LogP contribution >= 0.6 is 0 Å². The summed E-state index contributed by atoms with van der Waals surface area (Å²) in [5, 5.41) is 44.5. The van der Waals surface area contributed by atoms with Gasteiger partial charge in [0.1, 0.15) is 28.6 Å². The minimum absolute atomic E-state index is 0.0166. The van der Waals surface area contributed by atoms with Crippen molar-refractivity contribution < 1.29 is 39.4 Å². The number of primary amides is 1. The highest BCUT2D eigenvalue weighted by Gasteiger charge is 2.63. The second-order valence-corrected chi connectivity index (χ2v) is 11.2. The van der Waals surface area contributed by atoms with Gasteiger partial charge in [-0.2, -0.15) is 0 Å². The Balaban J connectivity index is 1.95. The van der Waals surface area contributed by atoms with Crippen molar-refractivity contribution in [3.8, 4) is 5.75 Å². The van der Waals surface area contributed by atoms with Gasteiger partial charge in [-0.15, -0.1) is 0 Å². The maximum absolute atomic E-state index is 13.7. The summed E-state index contributed by atoms with van der Waals surface area (Å²) in [5.41, 5.74) is 3.11. The fraction of sp³-hybridized carbons (Fsp3) is 0.458. The molecule has 0 aromatic heterocycles. The lowest BCUT2D eigenvalue weighted by Gasteiger charge is -2.50. The van der Waals surface area contributed by atoms with Gasteiger partial charge in [0.05, 0.1) is 17.9 Å². The van der Waals surface area contributed by atoms with Crippen LogP contribution in [0.25, 0.3) is 0 Å². The van der Waals surface area contributed by atoms with Crippen LogP contribution in [-0.2, 0) is 32.9 Å². The predicted octanol–water partition coefficient (Wildman–Crippen LogP) is 0.308. The molecular weight excluding hydrogens is 476 g/mol. The van der Waals surface area contributed by atoms with Gasteiger partial charge in [-0.25, -0.2) is 0 Å². The third kappa shape index (κ3) is 3.48. The fourth-order valence-corrected chi connectivity index (χ4v) is 6.56. The molecular formula is C24H28N2O8S. The molecule has 5 unspecified atom stereocenters. The molecule has 188 valence electrons. The number of nitrogens with zero attached hydrogens (tertiary/aromatic N) is 1. The molecule has 0 saturated carbocycles. The first-order valence-electron chi connectivity index (χ1n) is 11.0. The van der Waals surface area contributed by atoms with Crippen LogP contribution in [0.4, 0.5) is 0 Å². The fourth-order valence-electron chi connectivity index (χ4n) is 5.90. The second-order valence-electron chi connectivity index (χ2n) is 9.74. The van der Waals surface area contributed by atoms with E-state index in [1.165, 1.54) is 11.2 Å².